The van der Waals surface area contributed by atoms with Crippen molar-refractivity contribution in [1.29, 1.82) is 0 Å². The normalized spacial score (nSPS) is 11.5. The third-order valence-electron chi connectivity index (χ3n) is 4.66. The zero-order chi connectivity index (χ0) is 21.9. The van der Waals surface area contributed by atoms with Gasteiger partial charge in [-0.1, -0.05) is 18.2 Å². The lowest BCUT2D eigenvalue weighted by Gasteiger charge is -2.13. The van der Waals surface area contributed by atoms with E-state index in [-0.39, 0.29) is 16.7 Å². The summed E-state index contributed by atoms with van der Waals surface area (Å²) in [7, 11) is 0. The maximum atomic E-state index is 13.8. The average molecular weight is 419 g/mol. The first-order valence-corrected chi connectivity index (χ1v) is 9.41. The first-order chi connectivity index (χ1) is 14.1. The zero-order valence-corrected chi connectivity index (χ0v) is 16.6. The van der Waals surface area contributed by atoms with Crippen LogP contribution in [0.25, 0.3) is 11.1 Å². The van der Waals surface area contributed by atoms with Gasteiger partial charge in [0.25, 0.3) is 5.91 Å². The molecule has 0 aliphatic carbocycles. The monoisotopic (exact) mass is 419 g/mol. The predicted molar refractivity (Wildman–Crippen MR) is 105 cm³/mol. The van der Waals surface area contributed by atoms with Crippen molar-refractivity contribution in [2.24, 2.45) is 0 Å². The van der Waals surface area contributed by atoms with Crippen molar-refractivity contribution in [2.75, 3.05) is 6.54 Å². The maximum Gasteiger partial charge on any atom is 0.416 e. The summed E-state index contributed by atoms with van der Waals surface area (Å²) in [5.41, 5.74) is 1.50. The first-order valence-electron chi connectivity index (χ1n) is 9.41. The van der Waals surface area contributed by atoms with Crippen LogP contribution in [0.1, 0.15) is 33.7 Å². The molecule has 1 amide bonds. The van der Waals surface area contributed by atoms with Gasteiger partial charge in [-0.15, -0.1) is 0 Å². The van der Waals surface area contributed by atoms with Crippen molar-refractivity contribution in [3.63, 3.8) is 0 Å². The molecule has 158 valence electrons. The predicted octanol–water partition coefficient (Wildman–Crippen LogP) is 5.14. The SMILES string of the molecule is Cc1cc(C)n(CCCNC(=O)c2cc(F)ccc2-c2cccc(C(F)(F)F)c2)n1. The van der Waals surface area contributed by atoms with Crippen LogP contribution in [0.3, 0.4) is 0 Å². The number of hydrogen-bond donors (Lipinski definition) is 1. The van der Waals surface area contributed by atoms with E-state index in [2.05, 4.69) is 10.4 Å². The molecule has 0 spiro atoms. The van der Waals surface area contributed by atoms with E-state index in [0.29, 0.717) is 19.5 Å². The molecule has 30 heavy (non-hydrogen) atoms. The molecule has 3 rings (SSSR count). The van der Waals surface area contributed by atoms with E-state index in [1.165, 1.54) is 18.2 Å². The van der Waals surface area contributed by atoms with Crippen molar-refractivity contribution < 1.29 is 22.4 Å². The molecular weight excluding hydrogens is 398 g/mol. The fourth-order valence-electron chi connectivity index (χ4n) is 3.25. The number of aryl methyl sites for hydroxylation is 3. The van der Waals surface area contributed by atoms with Gasteiger partial charge >= 0.3 is 6.18 Å². The molecule has 1 aromatic heterocycles. The summed E-state index contributed by atoms with van der Waals surface area (Å²) in [5, 5.41) is 7.05. The Balaban J connectivity index is 1.75. The number of alkyl halides is 3. The molecule has 0 aliphatic heterocycles. The fraction of sp³-hybridized carbons (Fsp3) is 0.273. The van der Waals surface area contributed by atoms with Crippen LogP contribution in [-0.4, -0.2) is 22.2 Å². The van der Waals surface area contributed by atoms with Crippen molar-refractivity contribution in [3.05, 3.63) is 76.9 Å². The molecule has 0 saturated carbocycles. The van der Waals surface area contributed by atoms with Gasteiger partial charge in [0.1, 0.15) is 5.82 Å². The van der Waals surface area contributed by atoms with Gasteiger partial charge in [-0.05, 0) is 61.7 Å². The zero-order valence-electron chi connectivity index (χ0n) is 16.6. The Bertz CT molecular complexity index is 1060. The summed E-state index contributed by atoms with van der Waals surface area (Å²) in [5.74, 6) is -1.19. The van der Waals surface area contributed by atoms with Crippen LogP contribution in [0.15, 0.2) is 48.5 Å². The second-order valence-electron chi connectivity index (χ2n) is 7.03. The molecule has 3 aromatic rings. The van der Waals surface area contributed by atoms with E-state index in [1.807, 2.05) is 24.6 Å². The van der Waals surface area contributed by atoms with Gasteiger partial charge in [-0.3, -0.25) is 9.48 Å². The molecule has 0 saturated heterocycles. The number of rotatable bonds is 6. The molecule has 8 heteroatoms. The topological polar surface area (TPSA) is 46.9 Å². The summed E-state index contributed by atoms with van der Waals surface area (Å²) in [6.07, 6.45) is -3.91. The number of benzene rings is 2. The quantitative estimate of drug-likeness (QED) is 0.444. The Morgan fingerprint density at radius 2 is 1.87 bits per heavy atom. The minimum absolute atomic E-state index is 0.0135. The number of carbonyl (C=O) groups excluding carboxylic acids is 1. The minimum Gasteiger partial charge on any atom is -0.352 e. The van der Waals surface area contributed by atoms with Crippen LogP contribution in [0.2, 0.25) is 0 Å². The molecule has 2 aromatic carbocycles. The molecule has 0 radical (unpaired) electrons. The number of nitrogens with one attached hydrogen (secondary N) is 1. The highest BCUT2D eigenvalue weighted by Crippen LogP contribution is 2.33. The van der Waals surface area contributed by atoms with Gasteiger partial charge < -0.3 is 5.32 Å². The van der Waals surface area contributed by atoms with Gasteiger partial charge in [0, 0.05) is 18.8 Å². The summed E-state index contributed by atoms with van der Waals surface area (Å²) in [4.78, 5) is 12.6. The number of aromatic nitrogens is 2. The molecule has 0 fully saturated rings. The Kier molecular flexibility index (Phi) is 6.24. The summed E-state index contributed by atoms with van der Waals surface area (Å²) < 4.78 is 54.7. The Hall–Kier alpha value is -3.16. The smallest absolute Gasteiger partial charge is 0.352 e. The van der Waals surface area contributed by atoms with Gasteiger partial charge in [0.2, 0.25) is 0 Å². The van der Waals surface area contributed by atoms with E-state index in [9.17, 15) is 22.4 Å². The number of halogens is 4. The first kappa shape index (κ1) is 21.5. The third kappa shape index (κ3) is 5.06. The molecule has 0 atom stereocenters. The van der Waals surface area contributed by atoms with Gasteiger partial charge in [0.15, 0.2) is 0 Å². The van der Waals surface area contributed by atoms with Crippen LogP contribution in [0.5, 0.6) is 0 Å². The summed E-state index contributed by atoms with van der Waals surface area (Å²) >= 11 is 0. The summed E-state index contributed by atoms with van der Waals surface area (Å²) in [6.45, 7) is 4.75. The lowest BCUT2D eigenvalue weighted by Crippen LogP contribution is -2.26. The Labute approximate surface area is 171 Å². The fourth-order valence-corrected chi connectivity index (χ4v) is 3.25. The largest absolute Gasteiger partial charge is 0.416 e. The van der Waals surface area contributed by atoms with E-state index in [0.717, 1.165) is 35.7 Å². The lowest BCUT2D eigenvalue weighted by molar-refractivity contribution is -0.137. The maximum absolute atomic E-state index is 13.8. The van der Waals surface area contributed by atoms with Gasteiger partial charge in [-0.25, -0.2) is 4.39 Å². The second kappa shape index (κ2) is 8.69. The second-order valence-corrected chi connectivity index (χ2v) is 7.03. The summed E-state index contributed by atoms with van der Waals surface area (Å²) in [6, 6.07) is 10.0. The highest BCUT2D eigenvalue weighted by molar-refractivity contribution is 6.00. The van der Waals surface area contributed by atoms with Crippen LogP contribution in [0, 0.1) is 19.7 Å². The molecule has 0 bridgehead atoms. The average Bonchev–Trinajstić information content (AvgIpc) is 3.01. The number of nitrogens with zero attached hydrogens (tertiary/aromatic N) is 2. The molecule has 1 N–H and O–H groups in total. The highest BCUT2D eigenvalue weighted by atomic mass is 19.4. The van der Waals surface area contributed by atoms with E-state index >= 15 is 0 Å². The van der Waals surface area contributed by atoms with Crippen LogP contribution in [-0.2, 0) is 12.7 Å². The standard InChI is InChI=1S/C22H21F4N3O/c1-14-11-15(2)29(28-14)10-4-9-27-21(30)20-13-18(23)7-8-19(20)16-5-3-6-17(12-16)22(24,25)26/h3,5-8,11-13H,4,9-10H2,1-2H3,(H,27,30). The molecular formula is C22H21F4N3O. The van der Waals surface area contributed by atoms with Gasteiger partial charge in [-0.2, -0.15) is 18.3 Å². The number of amides is 1. The number of carbonyl (C=O) groups is 1. The van der Waals surface area contributed by atoms with Crippen molar-refractivity contribution in [2.45, 2.75) is 33.0 Å². The van der Waals surface area contributed by atoms with Crippen molar-refractivity contribution in [1.82, 2.24) is 15.1 Å². The molecule has 1 heterocycles. The van der Waals surface area contributed by atoms with Crippen LogP contribution < -0.4 is 5.32 Å². The molecule has 0 aliphatic rings. The minimum atomic E-state index is -4.51. The van der Waals surface area contributed by atoms with E-state index < -0.39 is 23.5 Å². The molecule has 0 unspecified atom stereocenters. The van der Waals surface area contributed by atoms with Crippen LogP contribution in [0.4, 0.5) is 17.6 Å². The Morgan fingerprint density at radius 3 is 2.53 bits per heavy atom. The Morgan fingerprint density at radius 1 is 1.10 bits per heavy atom. The van der Waals surface area contributed by atoms with Gasteiger partial charge in [0.05, 0.1) is 16.8 Å². The third-order valence-corrected chi connectivity index (χ3v) is 4.66. The number of hydrogen-bond acceptors (Lipinski definition) is 2. The van der Waals surface area contributed by atoms with E-state index in [1.54, 1.807) is 0 Å². The molecule has 4 nitrogen and oxygen atoms in total. The highest BCUT2D eigenvalue weighted by Gasteiger charge is 2.30. The lowest BCUT2D eigenvalue weighted by atomic mass is 9.97. The van der Waals surface area contributed by atoms with E-state index in [4.69, 9.17) is 0 Å². The van der Waals surface area contributed by atoms with Crippen molar-refractivity contribution >= 4 is 5.91 Å². The van der Waals surface area contributed by atoms with Crippen molar-refractivity contribution in [3.8, 4) is 11.1 Å². The van der Waals surface area contributed by atoms with Crippen LogP contribution >= 0.6 is 0 Å².